The number of nitrogens with one attached hydrogen (secondary N) is 1. The molecule has 0 fully saturated rings. The number of para-hydroxylation sites is 2. The number of carbonyl (C=O) groups excluding carboxylic acids is 1. The molecule has 0 saturated heterocycles. The van der Waals surface area contributed by atoms with Crippen LogP contribution in [0.3, 0.4) is 0 Å². The van der Waals surface area contributed by atoms with Gasteiger partial charge in [-0.05, 0) is 24.0 Å². The van der Waals surface area contributed by atoms with Gasteiger partial charge in [0.1, 0.15) is 0 Å². The van der Waals surface area contributed by atoms with Crippen LogP contribution in [0, 0.1) is 5.41 Å². The summed E-state index contributed by atoms with van der Waals surface area (Å²) in [4.78, 5) is 11.7. The normalized spacial score (nSPS) is 11.0. The van der Waals surface area contributed by atoms with Crippen molar-refractivity contribution in [2.75, 3.05) is 26.9 Å². The van der Waals surface area contributed by atoms with E-state index in [4.69, 9.17) is 14.6 Å². The lowest BCUT2D eigenvalue weighted by Crippen LogP contribution is -2.37. The van der Waals surface area contributed by atoms with Gasteiger partial charge in [0.15, 0.2) is 18.1 Å². The van der Waals surface area contributed by atoms with E-state index in [2.05, 4.69) is 5.32 Å². The summed E-state index contributed by atoms with van der Waals surface area (Å²) >= 11 is 0. The quantitative estimate of drug-likeness (QED) is 0.759. The van der Waals surface area contributed by atoms with Gasteiger partial charge in [0.05, 0.1) is 7.11 Å². The van der Waals surface area contributed by atoms with Crippen LogP contribution in [0.25, 0.3) is 0 Å². The maximum absolute atomic E-state index is 11.7. The standard InChI is InChI=1S/C15H23NO4/c1-15(2,8-9-17)11-16-14(18)10-20-13-7-5-4-6-12(13)19-3/h4-7,17H,8-11H2,1-3H3,(H,16,18). The van der Waals surface area contributed by atoms with Crippen molar-refractivity contribution >= 4 is 5.91 Å². The Labute approximate surface area is 119 Å². The molecule has 0 saturated carbocycles. The second-order valence-electron chi connectivity index (χ2n) is 5.35. The number of benzene rings is 1. The van der Waals surface area contributed by atoms with Crippen LogP contribution in [-0.4, -0.2) is 37.9 Å². The molecule has 0 aromatic heterocycles. The molecule has 1 amide bonds. The second kappa shape index (κ2) is 7.75. The Balaban J connectivity index is 2.40. The molecule has 1 aromatic rings. The number of aliphatic hydroxyl groups is 1. The van der Waals surface area contributed by atoms with E-state index in [0.29, 0.717) is 24.5 Å². The number of rotatable bonds is 8. The molecule has 0 aliphatic rings. The van der Waals surface area contributed by atoms with E-state index < -0.39 is 0 Å². The summed E-state index contributed by atoms with van der Waals surface area (Å²) in [6, 6.07) is 7.18. The highest BCUT2D eigenvalue weighted by molar-refractivity contribution is 5.77. The molecular formula is C15H23NO4. The van der Waals surface area contributed by atoms with Gasteiger partial charge >= 0.3 is 0 Å². The van der Waals surface area contributed by atoms with Crippen LogP contribution in [0.15, 0.2) is 24.3 Å². The van der Waals surface area contributed by atoms with Gasteiger partial charge in [0.25, 0.3) is 5.91 Å². The van der Waals surface area contributed by atoms with E-state index in [1.54, 1.807) is 19.2 Å². The lowest BCUT2D eigenvalue weighted by molar-refractivity contribution is -0.123. The molecule has 0 heterocycles. The van der Waals surface area contributed by atoms with Crippen molar-refractivity contribution in [2.24, 2.45) is 5.41 Å². The minimum atomic E-state index is -0.193. The lowest BCUT2D eigenvalue weighted by atomic mass is 9.90. The number of amides is 1. The van der Waals surface area contributed by atoms with E-state index in [0.717, 1.165) is 0 Å². The molecule has 5 nitrogen and oxygen atoms in total. The number of carbonyl (C=O) groups is 1. The van der Waals surface area contributed by atoms with Crippen LogP contribution in [0.2, 0.25) is 0 Å². The third-order valence-corrected chi connectivity index (χ3v) is 2.98. The third-order valence-electron chi connectivity index (χ3n) is 2.98. The second-order valence-corrected chi connectivity index (χ2v) is 5.35. The topological polar surface area (TPSA) is 67.8 Å². The average molecular weight is 281 g/mol. The Bertz CT molecular complexity index is 432. The van der Waals surface area contributed by atoms with Gasteiger partial charge in [0.2, 0.25) is 0 Å². The highest BCUT2D eigenvalue weighted by atomic mass is 16.5. The number of ether oxygens (including phenoxy) is 2. The van der Waals surface area contributed by atoms with Gasteiger partial charge in [-0.2, -0.15) is 0 Å². The zero-order valence-corrected chi connectivity index (χ0v) is 12.3. The van der Waals surface area contributed by atoms with Crippen LogP contribution in [-0.2, 0) is 4.79 Å². The van der Waals surface area contributed by atoms with Gasteiger partial charge in [-0.1, -0.05) is 26.0 Å². The summed E-state index contributed by atoms with van der Waals surface area (Å²) in [7, 11) is 1.56. The van der Waals surface area contributed by atoms with Gasteiger partial charge in [0, 0.05) is 13.2 Å². The molecule has 112 valence electrons. The molecular weight excluding hydrogens is 258 g/mol. The molecule has 0 aliphatic carbocycles. The van der Waals surface area contributed by atoms with Crippen molar-refractivity contribution in [3.63, 3.8) is 0 Å². The van der Waals surface area contributed by atoms with Crippen molar-refractivity contribution < 1.29 is 19.4 Å². The molecule has 0 aliphatic heterocycles. The zero-order valence-electron chi connectivity index (χ0n) is 12.3. The van der Waals surface area contributed by atoms with Crippen molar-refractivity contribution in [3.05, 3.63) is 24.3 Å². The average Bonchev–Trinajstić information content (AvgIpc) is 2.43. The summed E-state index contributed by atoms with van der Waals surface area (Å²) in [6.07, 6.45) is 0.640. The minimum absolute atomic E-state index is 0.0599. The van der Waals surface area contributed by atoms with Gasteiger partial charge < -0.3 is 19.9 Å². The Morgan fingerprint density at radius 2 is 1.95 bits per heavy atom. The van der Waals surface area contributed by atoms with Crippen LogP contribution < -0.4 is 14.8 Å². The van der Waals surface area contributed by atoms with Crippen molar-refractivity contribution in [1.29, 1.82) is 0 Å². The third kappa shape index (κ3) is 5.48. The van der Waals surface area contributed by atoms with Crippen molar-refractivity contribution in [1.82, 2.24) is 5.32 Å². The monoisotopic (exact) mass is 281 g/mol. The summed E-state index contributed by atoms with van der Waals surface area (Å²) in [6.45, 7) is 4.53. The molecule has 0 unspecified atom stereocenters. The van der Waals surface area contributed by atoms with Crippen LogP contribution in [0.1, 0.15) is 20.3 Å². The van der Waals surface area contributed by atoms with E-state index in [1.807, 2.05) is 26.0 Å². The zero-order chi connectivity index (χ0) is 15.0. The van der Waals surface area contributed by atoms with Crippen LogP contribution >= 0.6 is 0 Å². The number of methoxy groups -OCH3 is 1. The van der Waals surface area contributed by atoms with Crippen molar-refractivity contribution in [2.45, 2.75) is 20.3 Å². The maximum atomic E-state index is 11.7. The van der Waals surface area contributed by atoms with Crippen molar-refractivity contribution in [3.8, 4) is 11.5 Å². The fourth-order valence-corrected chi connectivity index (χ4v) is 1.66. The fraction of sp³-hybridized carbons (Fsp3) is 0.533. The first kappa shape index (κ1) is 16.3. The van der Waals surface area contributed by atoms with E-state index in [9.17, 15) is 4.79 Å². The Hall–Kier alpha value is -1.75. The first-order valence-corrected chi connectivity index (χ1v) is 6.62. The molecule has 1 aromatic carbocycles. The Morgan fingerprint density at radius 1 is 1.30 bits per heavy atom. The smallest absolute Gasteiger partial charge is 0.257 e. The highest BCUT2D eigenvalue weighted by Gasteiger charge is 2.18. The molecule has 1 rings (SSSR count). The van der Waals surface area contributed by atoms with E-state index in [-0.39, 0.29) is 24.5 Å². The molecule has 0 bridgehead atoms. The lowest BCUT2D eigenvalue weighted by Gasteiger charge is -2.23. The van der Waals surface area contributed by atoms with Gasteiger partial charge in [-0.3, -0.25) is 4.79 Å². The molecule has 0 spiro atoms. The van der Waals surface area contributed by atoms with Gasteiger partial charge in [-0.25, -0.2) is 0 Å². The predicted molar refractivity (Wildman–Crippen MR) is 77.0 cm³/mol. The molecule has 2 N–H and O–H groups in total. The largest absolute Gasteiger partial charge is 0.493 e. The fourth-order valence-electron chi connectivity index (χ4n) is 1.66. The minimum Gasteiger partial charge on any atom is -0.493 e. The number of hydrogen-bond acceptors (Lipinski definition) is 4. The maximum Gasteiger partial charge on any atom is 0.257 e. The summed E-state index contributed by atoms with van der Waals surface area (Å²) in [5, 5.41) is 11.7. The molecule has 5 heteroatoms. The first-order chi connectivity index (χ1) is 9.48. The van der Waals surface area contributed by atoms with E-state index in [1.165, 1.54) is 0 Å². The molecule has 20 heavy (non-hydrogen) atoms. The SMILES string of the molecule is COc1ccccc1OCC(=O)NCC(C)(C)CCO. The Morgan fingerprint density at radius 3 is 2.55 bits per heavy atom. The molecule has 0 atom stereocenters. The highest BCUT2D eigenvalue weighted by Crippen LogP contribution is 2.25. The van der Waals surface area contributed by atoms with Crippen LogP contribution in [0.5, 0.6) is 11.5 Å². The predicted octanol–water partition coefficient (Wildman–Crippen LogP) is 1.60. The summed E-state index contributed by atoms with van der Waals surface area (Å²) in [5.41, 5.74) is -0.130. The summed E-state index contributed by atoms with van der Waals surface area (Å²) < 4.78 is 10.6. The van der Waals surface area contributed by atoms with Gasteiger partial charge in [-0.15, -0.1) is 0 Å². The molecule has 0 radical (unpaired) electrons. The number of hydrogen-bond donors (Lipinski definition) is 2. The first-order valence-electron chi connectivity index (χ1n) is 6.62. The summed E-state index contributed by atoms with van der Waals surface area (Å²) in [5.74, 6) is 0.947. The van der Waals surface area contributed by atoms with Crippen LogP contribution in [0.4, 0.5) is 0 Å². The Kier molecular flexibility index (Phi) is 6.31. The van der Waals surface area contributed by atoms with E-state index >= 15 is 0 Å². The number of aliphatic hydroxyl groups excluding tert-OH is 1.